The van der Waals surface area contributed by atoms with E-state index in [0.717, 1.165) is 35.1 Å². The van der Waals surface area contributed by atoms with E-state index in [9.17, 15) is 14.9 Å². The Morgan fingerprint density at radius 2 is 1.82 bits per heavy atom. The van der Waals surface area contributed by atoms with Gasteiger partial charge in [-0.25, -0.2) is 0 Å². The summed E-state index contributed by atoms with van der Waals surface area (Å²) in [5.41, 5.74) is 4.14. The lowest BCUT2D eigenvalue weighted by Crippen LogP contribution is -2.49. The smallest absolute Gasteiger partial charge is 0.255 e. The van der Waals surface area contributed by atoms with Crippen molar-refractivity contribution < 1.29 is 19.1 Å². The van der Waals surface area contributed by atoms with Crippen molar-refractivity contribution >= 4 is 11.8 Å². The molecule has 2 aliphatic rings. The van der Waals surface area contributed by atoms with Gasteiger partial charge in [-0.3, -0.25) is 14.6 Å². The Bertz CT molecular complexity index is 1350. The Morgan fingerprint density at radius 1 is 1.08 bits per heavy atom. The van der Waals surface area contributed by atoms with Gasteiger partial charge >= 0.3 is 0 Å². The molecule has 8 heteroatoms. The van der Waals surface area contributed by atoms with Crippen LogP contribution in [0, 0.1) is 11.3 Å². The lowest BCUT2D eigenvalue weighted by molar-refractivity contribution is -0.163. The van der Waals surface area contributed by atoms with E-state index in [1.165, 1.54) is 6.20 Å². The maximum Gasteiger partial charge on any atom is 0.255 e. The van der Waals surface area contributed by atoms with Crippen LogP contribution in [0.3, 0.4) is 0 Å². The minimum atomic E-state index is -1.06. The summed E-state index contributed by atoms with van der Waals surface area (Å²) in [6.07, 6.45) is 2.88. The molecule has 1 aromatic heterocycles. The van der Waals surface area contributed by atoms with Crippen LogP contribution in [0.4, 0.5) is 0 Å². The highest BCUT2D eigenvalue weighted by atomic mass is 16.8. The fraction of sp³-hybridized carbons (Fsp3) is 0.333. The molecule has 0 aliphatic carbocycles. The topological polar surface area (TPSA) is 105 Å². The lowest BCUT2D eigenvalue weighted by Gasteiger charge is -2.28. The van der Waals surface area contributed by atoms with Gasteiger partial charge in [-0.15, -0.1) is 0 Å². The number of likely N-dealkylation sites (tertiary alicyclic amines) is 1. The van der Waals surface area contributed by atoms with Gasteiger partial charge in [0, 0.05) is 31.0 Å². The van der Waals surface area contributed by atoms with Gasteiger partial charge in [0.2, 0.25) is 0 Å². The van der Waals surface area contributed by atoms with Crippen LogP contribution in [0.2, 0.25) is 0 Å². The molecule has 2 saturated heterocycles. The summed E-state index contributed by atoms with van der Waals surface area (Å²) in [4.78, 5) is 32.7. The second kappa shape index (κ2) is 10.7. The van der Waals surface area contributed by atoms with E-state index in [1.807, 2.05) is 59.5 Å². The number of nitrogens with zero attached hydrogens (tertiary/aromatic N) is 3. The SMILES string of the molecule is CC1(C)O[C@@H](C(=O)NCc2ccc(-c3ccncc3C#N)cc2)[C@H](C(=O)N2CCCC2c2ccccc2)O1. The molecule has 2 aromatic carbocycles. The van der Waals surface area contributed by atoms with Gasteiger partial charge in [-0.2, -0.15) is 5.26 Å². The van der Waals surface area contributed by atoms with Gasteiger partial charge in [0.05, 0.1) is 11.6 Å². The molecule has 38 heavy (non-hydrogen) atoms. The largest absolute Gasteiger partial charge is 0.350 e. The number of hydrogen-bond acceptors (Lipinski definition) is 6. The van der Waals surface area contributed by atoms with Crippen LogP contribution in [-0.4, -0.2) is 46.2 Å². The molecule has 0 radical (unpaired) electrons. The van der Waals surface area contributed by atoms with Crippen LogP contribution >= 0.6 is 0 Å². The molecule has 2 fully saturated rings. The van der Waals surface area contributed by atoms with E-state index in [-0.39, 0.29) is 18.5 Å². The Labute approximate surface area is 222 Å². The number of ether oxygens (including phenoxy) is 2. The molecule has 8 nitrogen and oxygen atoms in total. The van der Waals surface area contributed by atoms with Crippen molar-refractivity contribution in [2.24, 2.45) is 0 Å². The van der Waals surface area contributed by atoms with E-state index >= 15 is 0 Å². The second-order valence-electron chi connectivity index (χ2n) is 10.0. The van der Waals surface area contributed by atoms with Crippen molar-refractivity contribution in [1.29, 1.82) is 5.26 Å². The second-order valence-corrected chi connectivity index (χ2v) is 10.0. The molecular formula is C30H30N4O4. The zero-order valence-corrected chi connectivity index (χ0v) is 21.5. The third kappa shape index (κ3) is 5.30. The van der Waals surface area contributed by atoms with Gasteiger partial charge in [-0.05, 0) is 49.4 Å². The lowest BCUT2D eigenvalue weighted by atomic mass is 10.0. The highest BCUT2D eigenvalue weighted by Gasteiger charge is 2.51. The Morgan fingerprint density at radius 3 is 2.55 bits per heavy atom. The first kappa shape index (κ1) is 25.6. The van der Waals surface area contributed by atoms with Gasteiger partial charge in [-0.1, -0.05) is 54.6 Å². The van der Waals surface area contributed by atoms with Crippen LogP contribution in [0.5, 0.6) is 0 Å². The number of benzene rings is 2. The van der Waals surface area contributed by atoms with Crippen LogP contribution in [-0.2, 0) is 25.6 Å². The molecule has 5 rings (SSSR count). The summed E-state index contributed by atoms with van der Waals surface area (Å²) in [6.45, 7) is 4.31. The molecule has 3 aromatic rings. The summed E-state index contributed by atoms with van der Waals surface area (Å²) in [5.74, 6) is -1.68. The van der Waals surface area contributed by atoms with E-state index in [0.29, 0.717) is 12.1 Å². The molecule has 194 valence electrons. The van der Waals surface area contributed by atoms with Crippen molar-refractivity contribution in [2.45, 2.75) is 57.3 Å². The molecule has 2 aliphatic heterocycles. The van der Waals surface area contributed by atoms with Crippen molar-refractivity contribution in [2.75, 3.05) is 6.54 Å². The van der Waals surface area contributed by atoms with Gasteiger partial charge in [0.15, 0.2) is 18.0 Å². The quantitative estimate of drug-likeness (QED) is 0.535. The number of nitriles is 1. The molecule has 0 bridgehead atoms. The Hall–Kier alpha value is -4.06. The average Bonchev–Trinajstić information content (AvgIpc) is 3.56. The molecular weight excluding hydrogens is 480 g/mol. The molecule has 0 spiro atoms. The van der Waals surface area contributed by atoms with Gasteiger partial charge < -0.3 is 19.7 Å². The maximum atomic E-state index is 13.6. The summed E-state index contributed by atoms with van der Waals surface area (Å²) in [6, 6.07) is 21.4. The number of pyridine rings is 1. The van der Waals surface area contributed by atoms with Crippen LogP contribution < -0.4 is 5.32 Å². The summed E-state index contributed by atoms with van der Waals surface area (Å²) in [5, 5.41) is 12.2. The molecule has 0 saturated carbocycles. The number of hydrogen-bond donors (Lipinski definition) is 1. The number of carbonyl (C=O) groups excluding carboxylic acids is 2. The Balaban J connectivity index is 1.26. The van der Waals surface area contributed by atoms with Gasteiger partial charge in [0.1, 0.15) is 6.07 Å². The summed E-state index contributed by atoms with van der Waals surface area (Å²) >= 11 is 0. The molecule has 2 amide bonds. The highest BCUT2D eigenvalue weighted by molar-refractivity contribution is 5.92. The van der Waals surface area contributed by atoms with E-state index in [2.05, 4.69) is 16.4 Å². The first-order valence-electron chi connectivity index (χ1n) is 12.8. The molecule has 3 atom stereocenters. The normalized spacial score (nSPS) is 22.1. The molecule has 1 unspecified atom stereocenters. The minimum absolute atomic E-state index is 0.0415. The van der Waals surface area contributed by atoms with Crippen molar-refractivity contribution in [3.8, 4) is 17.2 Å². The summed E-state index contributed by atoms with van der Waals surface area (Å²) < 4.78 is 11.9. The van der Waals surface area contributed by atoms with Crippen molar-refractivity contribution in [3.63, 3.8) is 0 Å². The minimum Gasteiger partial charge on any atom is -0.350 e. The predicted octanol–water partition coefficient (Wildman–Crippen LogP) is 4.12. The van der Waals surface area contributed by atoms with Crippen molar-refractivity contribution in [1.82, 2.24) is 15.2 Å². The van der Waals surface area contributed by atoms with Crippen LogP contribution in [0.1, 0.15) is 49.4 Å². The predicted molar refractivity (Wildman–Crippen MR) is 140 cm³/mol. The molecule has 1 N–H and O–H groups in total. The monoisotopic (exact) mass is 510 g/mol. The third-order valence-corrected chi connectivity index (χ3v) is 6.99. The number of amides is 2. The standard InChI is InChI=1S/C30H30N4O4/c1-30(2)37-26(27(38-30)29(36)34-16-6-9-25(34)22-7-4-3-5-8-22)28(35)33-18-20-10-12-21(13-11-20)24-14-15-32-19-23(24)17-31/h3-5,7-8,10-15,19,25-27H,6,9,16,18H2,1-2H3,(H,33,35)/t25?,26-,27-/m1/s1. The number of aromatic nitrogens is 1. The number of carbonyl (C=O) groups is 2. The number of rotatable bonds is 6. The van der Waals surface area contributed by atoms with Crippen LogP contribution in [0.15, 0.2) is 73.1 Å². The average molecular weight is 511 g/mol. The highest BCUT2D eigenvalue weighted by Crippen LogP contribution is 2.36. The van der Waals surface area contributed by atoms with Crippen molar-refractivity contribution in [3.05, 3.63) is 89.7 Å². The fourth-order valence-electron chi connectivity index (χ4n) is 5.18. The maximum absolute atomic E-state index is 13.6. The first-order valence-corrected chi connectivity index (χ1v) is 12.8. The van der Waals surface area contributed by atoms with E-state index in [4.69, 9.17) is 9.47 Å². The third-order valence-electron chi connectivity index (χ3n) is 6.99. The van der Waals surface area contributed by atoms with Crippen LogP contribution in [0.25, 0.3) is 11.1 Å². The summed E-state index contributed by atoms with van der Waals surface area (Å²) in [7, 11) is 0. The fourth-order valence-corrected chi connectivity index (χ4v) is 5.18. The van der Waals surface area contributed by atoms with Gasteiger partial charge in [0.25, 0.3) is 11.8 Å². The zero-order chi connectivity index (χ0) is 26.7. The van der Waals surface area contributed by atoms with E-state index in [1.54, 1.807) is 26.1 Å². The zero-order valence-electron chi connectivity index (χ0n) is 21.5. The van der Waals surface area contributed by atoms with E-state index < -0.39 is 23.9 Å². The number of nitrogens with one attached hydrogen (secondary N) is 1. The molecule has 3 heterocycles. The first-order chi connectivity index (χ1) is 18.4. The Kier molecular flexibility index (Phi) is 7.23.